The van der Waals surface area contributed by atoms with Gasteiger partial charge < -0.3 is 10.4 Å². The maximum Gasteiger partial charge on any atom is 0.337 e. The number of aromatic carboxylic acids is 1. The third-order valence-electron chi connectivity index (χ3n) is 5.16. The molecule has 2 aromatic rings. The molecule has 1 spiro atoms. The molecule has 2 aliphatic rings. The van der Waals surface area contributed by atoms with E-state index in [0.29, 0.717) is 5.69 Å². The summed E-state index contributed by atoms with van der Waals surface area (Å²) in [7, 11) is 0. The summed E-state index contributed by atoms with van der Waals surface area (Å²) in [5.41, 5.74) is 2.60. The molecule has 4 nitrogen and oxygen atoms in total. The SMILES string of the molecule is O=C(O)c1ccncc1N[C@@H]1C[C@]12CCCc1c(F)cccc12. The molecule has 2 aliphatic carbocycles. The first kappa shape index (κ1) is 14.2. The second-order valence-electron chi connectivity index (χ2n) is 6.40. The highest BCUT2D eigenvalue weighted by atomic mass is 19.1. The maximum atomic E-state index is 14.1. The molecule has 1 aromatic carbocycles. The van der Waals surface area contributed by atoms with Gasteiger partial charge in [0.2, 0.25) is 0 Å². The molecule has 2 N–H and O–H groups in total. The lowest BCUT2D eigenvalue weighted by Crippen LogP contribution is -2.25. The van der Waals surface area contributed by atoms with Crippen molar-refractivity contribution in [1.82, 2.24) is 4.98 Å². The summed E-state index contributed by atoms with van der Waals surface area (Å²) < 4.78 is 14.1. The van der Waals surface area contributed by atoms with Crippen molar-refractivity contribution in [3.05, 3.63) is 59.2 Å². The highest BCUT2D eigenvalue weighted by Crippen LogP contribution is 2.56. The van der Waals surface area contributed by atoms with E-state index in [4.69, 9.17) is 0 Å². The van der Waals surface area contributed by atoms with Crippen molar-refractivity contribution in [2.24, 2.45) is 0 Å². The lowest BCUT2D eigenvalue weighted by Gasteiger charge is -2.27. The van der Waals surface area contributed by atoms with Crippen molar-refractivity contribution < 1.29 is 14.3 Å². The number of fused-ring (bicyclic) bond motifs is 2. The summed E-state index contributed by atoms with van der Waals surface area (Å²) in [5.74, 6) is -1.10. The number of aromatic nitrogens is 1. The molecule has 0 radical (unpaired) electrons. The molecule has 23 heavy (non-hydrogen) atoms. The highest BCUT2D eigenvalue weighted by Gasteiger charge is 2.57. The van der Waals surface area contributed by atoms with Crippen LogP contribution in [0.5, 0.6) is 0 Å². The van der Waals surface area contributed by atoms with Crippen LogP contribution in [0.1, 0.15) is 40.7 Å². The molecule has 0 aliphatic heterocycles. The molecular weight excluding hydrogens is 295 g/mol. The number of rotatable bonds is 3. The number of hydrogen-bond donors (Lipinski definition) is 2. The van der Waals surface area contributed by atoms with Crippen LogP contribution in [0.2, 0.25) is 0 Å². The smallest absolute Gasteiger partial charge is 0.337 e. The number of carboxylic acid groups (broad SMARTS) is 1. The van der Waals surface area contributed by atoms with Crippen molar-refractivity contribution in [1.29, 1.82) is 0 Å². The van der Waals surface area contributed by atoms with E-state index in [1.165, 1.54) is 18.3 Å². The maximum absolute atomic E-state index is 14.1. The molecule has 118 valence electrons. The molecule has 0 amide bonds. The average Bonchev–Trinajstić information content (AvgIpc) is 3.22. The Morgan fingerprint density at radius 1 is 1.39 bits per heavy atom. The molecule has 1 saturated carbocycles. The van der Waals surface area contributed by atoms with Gasteiger partial charge in [-0.1, -0.05) is 12.1 Å². The second-order valence-corrected chi connectivity index (χ2v) is 6.40. The normalized spacial score (nSPS) is 25.0. The monoisotopic (exact) mass is 312 g/mol. The van der Waals surface area contributed by atoms with Gasteiger partial charge in [0.15, 0.2) is 0 Å². The van der Waals surface area contributed by atoms with E-state index >= 15 is 0 Å². The van der Waals surface area contributed by atoms with Crippen molar-refractivity contribution in [2.45, 2.75) is 37.1 Å². The molecule has 0 unspecified atom stereocenters. The zero-order chi connectivity index (χ0) is 16.0. The largest absolute Gasteiger partial charge is 0.478 e. The summed E-state index contributed by atoms with van der Waals surface area (Å²) in [5, 5.41) is 12.6. The summed E-state index contributed by atoms with van der Waals surface area (Å²) in [4.78, 5) is 15.3. The van der Waals surface area contributed by atoms with E-state index in [1.807, 2.05) is 6.07 Å². The molecular formula is C18H17FN2O2. The van der Waals surface area contributed by atoms with Crippen LogP contribution >= 0.6 is 0 Å². The number of carboxylic acids is 1. The van der Waals surface area contributed by atoms with Crippen molar-refractivity contribution >= 4 is 11.7 Å². The number of nitrogens with one attached hydrogen (secondary N) is 1. The molecule has 1 fully saturated rings. The predicted molar refractivity (Wildman–Crippen MR) is 84.2 cm³/mol. The Balaban J connectivity index is 1.65. The Bertz CT molecular complexity index is 792. The lowest BCUT2D eigenvalue weighted by atomic mass is 9.79. The number of anilines is 1. The quantitative estimate of drug-likeness (QED) is 0.912. The summed E-state index contributed by atoms with van der Waals surface area (Å²) in [6.45, 7) is 0. The van der Waals surface area contributed by atoms with Gasteiger partial charge in [0, 0.05) is 17.7 Å². The second kappa shape index (κ2) is 5.05. The number of pyridine rings is 1. The van der Waals surface area contributed by atoms with E-state index in [1.54, 1.807) is 12.3 Å². The van der Waals surface area contributed by atoms with Gasteiger partial charge in [0.25, 0.3) is 0 Å². The number of carbonyl (C=O) groups is 1. The number of nitrogens with zero attached hydrogens (tertiary/aromatic N) is 1. The van der Waals surface area contributed by atoms with Crippen molar-refractivity contribution in [3.63, 3.8) is 0 Å². The van der Waals surface area contributed by atoms with Crippen LogP contribution in [0.3, 0.4) is 0 Å². The third-order valence-corrected chi connectivity index (χ3v) is 5.16. The van der Waals surface area contributed by atoms with Crippen LogP contribution in [0.4, 0.5) is 10.1 Å². The van der Waals surface area contributed by atoms with Crippen LogP contribution in [0.25, 0.3) is 0 Å². The van der Waals surface area contributed by atoms with E-state index in [-0.39, 0.29) is 22.8 Å². The Morgan fingerprint density at radius 3 is 3.09 bits per heavy atom. The van der Waals surface area contributed by atoms with Crippen molar-refractivity contribution in [3.8, 4) is 0 Å². The van der Waals surface area contributed by atoms with Gasteiger partial charge in [-0.25, -0.2) is 9.18 Å². The Hall–Kier alpha value is -2.43. The van der Waals surface area contributed by atoms with Gasteiger partial charge >= 0.3 is 5.97 Å². The summed E-state index contributed by atoms with van der Waals surface area (Å²) in [6, 6.07) is 6.93. The van der Waals surface area contributed by atoms with Gasteiger partial charge in [0.05, 0.1) is 17.4 Å². The number of hydrogen-bond acceptors (Lipinski definition) is 3. The minimum atomic E-state index is -0.973. The van der Waals surface area contributed by atoms with Gasteiger partial charge in [0.1, 0.15) is 5.82 Å². The van der Waals surface area contributed by atoms with Crippen LogP contribution < -0.4 is 5.32 Å². The molecule has 2 atom stereocenters. The predicted octanol–water partition coefficient (Wildman–Crippen LogP) is 3.38. The molecule has 0 bridgehead atoms. The first-order valence-corrected chi connectivity index (χ1v) is 7.83. The fourth-order valence-corrected chi connectivity index (χ4v) is 3.95. The van der Waals surface area contributed by atoms with Gasteiger partial charge in [-0.3, -0.25) is 4.98 Å². The molecule has 4 rings (SSSR count). The number of benzene rings is 1. The van der Waals surface area contributed by atoms with Crippen molar-refractivity contribution in [2.75, 3.05) is 5.32 Å². The first-order chi connectivity index (χ1) is 11.1. The summed E-state index contributed by atoms with van der Waals surface area (Å²) >= 11 is 0. The van der Waals surface area contributed by atoms with Gasteiger partial charge in [-0.2, -0.15) is 0 Å². The van der Waals surface area contributed by atoms with E-state index < -0.39 is 5.97 Å². The topological polar surface area (TPSA) is 62.2 Å². The molecule has 1 aromatic heterocycles. The first-order valence-electron chi connectivity index (χ1n) is 7.83. The van der Waals surface area contributed by atoms with Crippen LogP contribution in [-0.2, 0) is 11.8 Å². The van der Waals surface area contributed by atoms with Gasteiger partial charge in [-0.15, -0.1) is 0 Å². The molecule has 5 heteroatoms. The number of halogens is 1. The average molecular weight is 312 g/mol. The van der Waals surface area contributed by atoms with E-state index in [0.717, 1.165) is 36.8 Å². The zero-order valence-corrected chi connectivity index (χ0v) is 12.6. The van der Waals surface area contributed by atoms with E-state index in [9.17, 15) is 14.3 Å². The van der Waals surface area contributed by atoms with Crippen LogP contribution in [0.15, 0.2) is 36.7 Å². The Labute approximate surface area is 133 Å². The highest BCUT2D eigenvalue weighted by molar-refractivity contribution is 5.94. The minimum Gasteiger partial charge on any atom is -0.478 e. The fourth-order valence-electron chi connectivity index (χ4n) is 3.95. The van der Waals surface area contributed by atoms with Gasteiger partial charge in [-0.05, 0) is 48.9 Å². The lowest BCUT2D eigenvalue weighted by molar-refractivity contribution is 0.0698. The standard InChI is InChI=1S/C18H17FN2O2/c19-14-5-1-4-13-11(14)3-2-7-18(13)9-16(18)21-15-10-20-8-6-12(15)17(22)23/h1,4-6,8,10,16,21H,2-3,7,9H2,(H,22,23)/t16-,18+/m1/s1. The van der Waals surface area contributed by atoms with Crippen LogP contribution in [0, 0.1) is 5.82 Å². The zero-order valence-electron chi connectivity index (χ0n) is 12.6. The van der Waals surface area contributed by atoms with E-state index in [2.05, 4.69) is 10.3 Å². The summed E-state index contributed by atoms with van der Waals surface area (Å²) in [6.07, 6.45) is 6.67. The fraction of sp³-hybridized carbons (Fsp3) is 0.333. The Kier molecular flexibility index (Phi) is 3.11. The minimum absolute atomic E-state index is 0.0682. The molecule has 1 heterocycles. The molecule has 0 saturated heterocycles. The Morgan fingerprint density at radius 2 is 2.26 bits per heavy atom. The van der Waals surface area contributed by atoms with Crippen LogP contribution in [-0.4, -0.2) is 22.1 Å². The third kappa shape index (κ3) is 2.19.